The van der Waals surface area contributed by atoms with Gasteiger partial charge in [-0.05, 0) is 48.9 Å². The summed E-state index contributed by atoms with van der Waals surface area (Å²) in [4.78, 5) is 11.8. The molecule has 1 aromatic carbocycles. The normalized spacial score (nSPS) is 18.2. The molecule has 0 bridgehead atoms. The zero-order chi connectivity index (χ0) is 13.8. The van der Waals surface area contributed by atoms with Gasteiger partial charge in [-0.3, -0.25) is 0 Å². The molecule has 0 radical (unpaired) electrons. The minimum Gasteiger partial charge on any atom is -0.410 e. The van der Waals surface area contributed by atoms with Crippen molar-refractivity contribution < 1.29 is 9.53 Å². The Bertz CT molecular complexity index is 481. The number of anilines is 1. The number of nitrogens with one attached hydrogen (secondary N) is 2. The summed E-state index contributed by atoms with van der Waals surface area (Å²) >= 11 is 0. The van der Waals surface area contributed by atoms with Crippen molar-refractivity contribution >= 4 is 11.8 Å². The number of hydrogen-bond acceptors (Lipinski definition) is 3. The minimum absolute atomic E-state index is 0.332. The van der Waals surface area contributed by atoms with Crippen LogP contribution in [0.25, 0.3) is 0 Å². The summed E-state index contributed by atoms with van der Waals surface area (Å²) < 4.78 is 5.35. The topological polar surface area (TPSA) is 50.4 Å². The number of ether oxygens (including phenoxy) is 1. The molecule has 1 aliphatic heterocycles. The van der Waals surface area contributed by atoms with Gasteiger partial charge >= 0.3 is 6.09 Å². The molecule has 0 saturated heterocycles. The molecule has 1 heterocycles. The Morgan fingerprint density at radius 3 is 3.00 bits per heavy atom. The number of benzene rings is 1. The van der Waals surface area contributed by atoms with Crippen molar-refractivity contribution in [2.24, 2.45) is 5.92 Å². The third kappa shape index (κ3) is 3.24. The molecule has 4 heteroatoms. The van der Waals surface area contributed by atoms with Gasteiger partial charge in [-0.2, -0.15) is 0 Å². The first kappa shape index (κ1) is 13.3. The average Bonchev–Trinajstić information content (AvgIpc) is 2.94. The van der Waals surface area contributed by atoms with E-state index in [9.17, 15) is 4.79 Å². The van der Waals surface area contributed by atoms with Crippen molar-refractivity contribution in [2.45, 2.75) is 38.5 Å². The maximum Gasteiger partial charge on any atom is 0.412 e. The van der Waals surface area contributed by atoms with E-state index < -0.39 is 0 Å². The van der Waals surface area contributed by atoms with Gasteiger partial charge in [0, 0.05) is 18.8 Å². The van der Waals surface area contributed by atoms with Crippen molar-refractivity contribution in [3.05, 3.63) is 23.8 Å². The molecule has 0 atom stereocenters. The summed E-state index contributed by atoms with van der Waals surface area (Å²) in [6.07, 6.45) is 7.04. The van der Waals surface area contributed by atoms with Gasteiger partial charge in [-0.15, -0.1) is 0 Å². The fourth-order valence-corrected chi connectivity index (χ4v) is 3.11. The first-order valence-corrected chi connectivity index (χ1v) is 7.64. The van der Waals surface area contributed by atoms with E-state index in [4.69, 9.17) is 4.74 Å². The maximum atomic E-state index is 11.8. The van der Waals surface area contributed by atoms with Crippen LogP contribution in [-0.4, -0.2) is 19.2 Å². The van der Waals surface area contributed by atoms with Crippen molar-refractivity contribution in [1.82, 2.24) is 5.32 Å². The largest absolute Gasteiger partial charge is 0.412 e. The van der Waals surface area contributed by atoms with E-state index >= 15 is 0 Å². The zero-order valence-corrected chi connectivity index (χ0v) is 11.8. The van der Waals surface area contributed by atoms with Crippen LogP contribution in [0.1, 0.15) is 37.7 Å². The molecule has 1 aliphatic carbocycles. The van der Waals surface area contributed by atoms with Gasteiger partial charge in [0.2, 0.25) is 0 Å². The predicted octanol–water partition coefficient (Wildman–Crippen LogP) is 3.32. The summed E-state index contributed by atoms with van der Waals surface area (Å²) in [6.45, 7) is 1.71. The lowest BCUT2D eigenvalue weighted by atomic mass is 9.89. The summed E-state index contributed by atoms with van der Waals surface area (Å²) in [5.41, 5.74) is 2.38. The quantitative estimate of drug-likeness (QED) is 0.889. The highest BCUT2D eigenvalue weighted by Gasteiger charge is 2.16. The van der Waals surface area contributed by atoms with Crippen LogP contribution in [0.3, 0.4) is 0 Å². The molecule has 0 spiro atoms. The van der Waals surface area contributed by atoms with Crippen LogP contribution < -0.4 is 15.4 Å². The number of amides is 1. The minimum atomic E-state index is -0.332. The maximum absolute atomic E-state index is 11.8. The second-order valence-electron chi connectivity index (χ2n) is 5.77. The van der Waals surface area contributed by atoms with Crippen LogP contribution in [0, 0.1) is 5.92 Å². The van der Waals surface area contributed by atoms with Crippen molar-refractivity contribution in [3.8, 4) is 5.75 Å². The SMILES string of the molecule is O=C(NCC1CCCCC1)Oc1ccc2c(c1)CCN2. The van der Waals surface area contributed by atoms with Crippen LogP contribution in [-0.2, 0) is 6.42 Å². The monoisotopic (exact) mass is 274 g/mol. The van der Waals surface area contributed by atoms with E-state index in [0.29, 0.717) is 11.7 Å². The zero-order valence-electron chi connectivity index (χ0n) is 11.8. The summed E-state index contributed by atoms with van der Waals surface area (Å²) in [5.74, 6) is 1.26. The van der Waals surface area contributed by atoms with Crippen LogP contribution in [0.5, 0.6) is 5.75 Å². The van der Waals surface area contributed by atoms with E-state index in [1.807, 2.05) is 18.2 Å². The molecule has 20 heavy (non-hydrogen) atoms. The highest BCUT2D eigenvalue weighted by Crippen LogP contribution is 2.26. The molecule has 1 amide bonds. The summed E-state index contributed by atoms with van der Waals surface area (Å²) in [7, 11) is 0. The molecule has 1 fully saturated rings. The Morgan fingerprint density at radius 2 is 2.15 bits per heavy atom. The Balaban J connectivity index is 1.48. The van der Waals surface area contributed by atoms with Crippen LogP contribution >= 0.6 is 0 Å². The Labute approximate surface area is 119 Å². The van der Waals surface area contributed by atoms with Crippen LogP contribution in [0.15, 0.2) is 18.2 Å². The lowest BCUT2D eigenvalue weighted by Gasteiger charge is -2.21. The average molecular weight is 274 g/mol. The lowest BCUT2D eigenvalue weighted by molar-refractivity contribution is 0.196. The number of rotatable bonds is 3. The molecule has 0 aromatic heterocycles. The molecular weight excluding hydrogens is 252 g/mol. The third-order valence-electron chi connectivity index (χ3n) is 4.26. The van der Waals surface area contributed by atoms with E-state index in [1.54, 1.807) is 0 Å². The molecule has 1 saturated carbocycles. The van der Waals surface area contributed by atoms with Gasteiger partial charge in [-0.1, -0.05) is 19.3 Å². The first-order valence-electron chi connectivity index (χ1n) is 7.64. The van der Waals surface area contributed by atoms with Crippen LogP contribution in [0.2, 0.25) is 0 Å². The lowest BCUT2D eigenvalue weighted by Crippen LogP contribution is -2.32. The van der Waals surface area contributed by atoms with Gasteiger partial charge in [0.05, 0.1) is 0 Å². The molecule has 0 unspecified atom stereocenters. The number of carbonyl (C=O) groups is 1. The second kappa shape index (κ2) is 6.16. The fraction of sp³-hybridized carbons (Fsp3) is 0.562. The smallest absolute Gasteiger partial charge is 0.410 e. The molecule has 3 rings (SSSR count). The third-order valence-corrected chi connectivity index (χ3v) is 4.26. The van der Waals surface area contributed by atoms with E-state index in [0.717, 1.165) is 25.2 Å². The molecular formula is C16H22N2O2. The van der Waals surface area contributed by atoms with Gasteiger partial charge in [0.25, 0.3) is 0 Å². The molecule has 4 nitrogen and oxygen atoms in total. The highest BCUT2D eigenvalue weighted by atomic mass is 16.6. The second-order valence-corrected chi connectivity index (χ2v) is 5.77. The van der Waals surface area contributed by atoms with E-state index in [-0.39, 0.29) is 6.09 Å². The van der Waals surface area contributed by atoms with Crippen LogP contribution in [0.4, 0.5) is 10.5 Å². The van der Waals surface area contributed by atoms with Gasteiger partial charge in [0.15, 0.2) is 0 Å². The Hall–Kier alpha value is -1.71. The molecule has 1 aromatic rings. The number of fused-ring (bicyclic) bond motifs is 1. The van der Waals surface area contributed by atoms with Crippen molar-refractivity contribution in [1.29, 1.82) is 0 Å². The molecule has 2 N–H and O–H groups in total. The summed E-state index contributed by atoms with van der Waals surface area (Å²) in [5, 5.41) is 6.18. The summed E-state index contributed by atoms with van der Waals surface area (Å²) in [6, 6.07) is 5.78. The standard InChI is InChI=1S/C16H22N2O2/c19-16(18-11-12-4-2-1-3-5-12)20-14-6-7-15-13(10-14)8-9-17-15/h6-7,10,12,17H,1-5,8-9,11H2,(H,18,19). The van der Waals surface area contributed by atoms with Gasteiger partial charge in [-0.25, -0.2) is 4.79 Å². The van der Waals surface area contributed by atoms with Crippen molar-refractivity contribution in [3.63, 3.8) is 0 Å². The predicted molar refractivity (Wildman–Crippen MR) is 79.2 cm³/mol. The van der Waals surface area contributed by atoms with E-state index in [2.05, 4.69) is 10.6 Å². The Morgan fingerprint density at radius 1 is 1.30 bits per heavy atom. The van der Waals surface area contributed by atoms with Gasteiger partial charge < -0.3 is 15.4 Å². The first-order chi connectivity index (χ1) is 9.81. The molecule has 2 aliphatic rings. The number of hydrogen-bond donors (Lipinski definition) is 2. The van der Waals surface area contributed by atoms with Crippen molar-refractivity contribution in [2.75, 3.05) is 18.4 Å². The van der Waals surface area contributed by atoms with E-state index in [1.165, 1.54) is 37.7 Å². The number of carbonyl (C=O) groups excluding carboxylic acids is 1. The molecule has 108 valence electrons. The van der Waals surface area contributed by atoms with Gasteiger partial charge in [0.1, 0.15) is 5.75 Å². The Kier molecular flexibility index (Phi) is 4.09. The highest BCUT2D eigenvalue weighted by molar-refractivity contribution is 5.71. The fourth-order valence-electron chi connectivity index (χ4n) is 3.11.